The molecule has 25 heavy (non-hydrogen) atoms. The second kappa shape index (κ2) is 6.44. The van der Waals surface area contributed by atoms with Gasteiger partial charge in [-0.15, -0.1) is 0 Å². The highest BCUT2D eigenvalue weighted by atomic mass is 32.2. The number of amides is 2. The van der Waals surface area contributed by atoms with E-state index in [-0.39, 0.29) is 18.2 Å². The zero-order valence-electron chi connectivity index (χ0n) is 13.7. The average Bonchev–Trinajstić information content (AvgIpc) is 3.32. The number of fused-ring (bicyclic) bond motifs is 1. The van der Waals surface area contributed by atoms with Gasteiger partial charge in [0, 0.05) is 30.2 Å². The van der Waals surface area contributed by atoms with E-state index in [0.717, 1.165) is 34.2 Å². The summed E-state index contributed by atoms with van der Waals surface area (Å²) >= 11 is 1.74. The number of carbonyl (C=O) groups is 2. The lowest BCUT2D eigenvalue weighted by atomic mass is 10.1. The highest BCUT2D eigenvalue weighted by Crippen LogP contribution is 2.35. The summed E-state index contributed by atoms with van der Waals surface area (Å²) in [7, 11) is 1.59. The third kappa shape index (κ3) is 2.97. The first-order chi connectivity index (χ1) is 12.2. The summed E-state index contributed by atoms with van der Waals surface area (Å²) in [4.78, 5) is 26.5. The van der Waals surface area contributed by atoms with E-state index >= 15 is 0 Å². The second-order valence-corrected chi connectivity index (χ2v) is 7.01. The van der Waals surface area contributed by atoms with Crippen LogP contribution in [0, 0.1) is 5.92 Å². The molecule has 1 aromatic heterocycles. The summed E-state index contributed by atoms with van der Waals surface area (Å²) in [6, 6.07) is 7.23. The Balaban J connectivity index is 1.44. The second-order valence-electron chi connectivity index (χ2n) is 6.02. The van der Waals surface area contributed by atoms with Crippen LogP contribution < -0.4 is 15.0 Å². The van der Waals surface area contributed by atoms with Crippen LogP contribution in [0.3, 0.4) is 0 Å². The molecule has 0 spiro atoms. The van der Waals surface area contributed by atoms with Crippen LogP contribution in [0.4, 0.5) is 11.6 Å². The molecule has 130 valence electrons. The maximum atomic E-state index is 12.5. The van der Waals surface area contributed by atoms with E-state index in [4.69, 9.17) is 9.26 Å². The van der Waals surface area contributed by atoms with E-state index in [1.54, 1.807) is 35.9 Å². The fourth-order valence-electron chi connectivity index (χ4n) is 3.06. The predicted molar refractivity (Wildman–Crippen MR) is 93.6 cm³/mol. The molecule has 4 rings (SSSR count). The molecule has 1 N–H and O–H groups in total. The van der Waals surface area contributed by atoms with E-state index in [2.05, 4.69) is 10.5 Å². The van der Waals surface area contributed by atoms with Crippen LogP contribution in [0.15, 0.2) is 28.8 Å². The van der Waals surface area contributed by atoms with Crippen molar-refractivity contribution >= 4 is 35.1 Å². The number of aromatic nitrogens is 1. The van der Waals surface area contributed by atoms with Crippen molar-refractivity contribution in [3.63, 3.8) is 0 Å². The van der Waals surface area contributed by atoms with E-state index in [9.17, 15) is 9.59 Å². The number of benzene rings is 1. The zero-order valence-corrected chi connectivity index (χ0v) is 14.5. The third-order valence-electron chi connectivity index (χ3n) is 4.47. The number of thioether (sulfide) groups is 1. The molecule has 2 aliphatic heterocycles. The predicted octanol–water partition coefficient (Wildman–Crippen LogP) is 2.42. The maximum Gasteiger partial charge on any atom is 0.235 e. The average molecular weight is 359 g/mol. The van der Waals surface area contributed by atoms with Crippen LogP contribution in [0.25, 0.3) is 0 Å². The van der Waals surface area contributed by atoms with Gasteiger partial charge in [-0.1, -0.05) is 5.16 Å². The van der Waals surface area contributed by atoms with Crippen molar-refractivity contribution in [3.8, 4) is 5.75 Å². The Kier molecular flexibility index (Phi) is 4.12. The number of ether oxygens (including phenoxy) is 1. The Labute approximate surface area is 148 Å². The molecule has 7 nitrogen and oxygen atoms in total. The Morgan fingerprint density at radius 3 is 2.92 bits per heavy atom. The van der Waals surface area contributed by atoms with Gasteiger partial charge in [-0.05, 0) is 24.3 Å². The van der Waals surface area contributed by atoms with Crippen molar-refractivity contribution in [1.29, 1.82) is 0 Å². The number of nitrogens with one attached hydrogen (secondary N) is 1. The molecule has 0 bridgehead atoms. The molecule has 1 unspecified atom stereocenters. The minimum Gasteiger partial charge on any atom is -0.497 e. The molecule has 3 heterocycles. The zero-order chi connectivity index (χ0) is 17.4. The Bertz CT molecular complexity index is 818. The maximum absolute atomic E-state index is 12.5. The molecular formula is C17H17N3O4S. The molecule has 2 aliphatic rings. The van der Waals surface area contributed by atoms with Gasteiger partial charge < -0.3 is 14.2 Å². The lowest BCUT2D eigenvalue weighted by Gasteiger charge is -2.17. The number of anilines is 2. The van der Waals surface area contributed by atoms with Crippen LogP contribution in [0.5, 0.6) is 5.75 Å². The highest BCUT2D eigenvalue weighted by molar-refractivity contribution is 7.98. The van der Waals surface area contributed by atoms with Crippen LogP contribution in [0.1, 0.15) is 17.7 Å². The summed E-state index contributed by atoms with van der Waals surface area (Å²) in [5.74, 6) is 2.05. The minimum atomic E-state index is -0.413. The number of hydrogen-bond donors (Lipinski definition) is 1. The largest absolute Gasteiger partial charge is 0.497 e. The molecule has 2 aromatic rings. The fraction of sp³-hybridized carbons (Fsp3) is 0.353. The Morgan fingerprint density at radius 2 is 2.16 bits per heavy atom. The fourth-order valence-corrected chi connectivity index (χ4v) is 4.09. The number of methoxy groups -OCH3 is 1. The van der Waals surface area contributed by atoms with Crippen molar-refractivity contribution in [3.05, 3.63) is 35.5 Å². The van der Waals surface area contributed by atoms with Crippen molar-refractivity contribution in [2.45, 2.75) is 17.9 Å². The molecule has 1 fully saturated rings. The number of rotatable bonds is 4. The quantitative estimate of drug-likeness (QED) is 0.902. The molecule has 0 radical (unpaired) electrons. The van der Waals surface area contributed by atoms with E-state index < -0.39 is 5.92 Å². The first kappa shape index (κ1) is 16.0. The van der Waals surface area contributed by atoms with Crippen molar-refractivity contribution in [2.24, 2.45) is 5.92 Å². The molecule has 1 atom stereocenters. The van der Waals surface area contributed by atoms with Gasteiger partial charge in [-0.2, -0.15) is 11.8 Å². The first-order valence-electron chi connectivity index (χ1n) is 7.96. The first-order valence-corrected chi connectivity index (χ1v) is 9.11. The van der Waals surface area contributed by atoms with Crippen molar-refractivity contribution < 1.29 is 18.8 Å². The summed E-state index contributed by atoms with van der Waals surface area (Å²) in [6.07, 6.45) is 0.183. The highest BCUT2D eigenvalue weighted by Gasteiger charge is 2.36. The van der Waals surface area contributed by atoms with Crippen molar-refractivity contribution in [1.82, 2.24) is 5.16 Å². The number of hydrogen-bond acceptors (Lipinski definition) is 6. The lowest BCUT2D eigenvalue weighted by molar-refractivity contribution is -0.122. The summed E-state index contributed by atoms with van der Waals surface area (Å²) < 4.78 is 10.4. The molecule has 1 saturated heterocycles. The van der Waals surface area contributed by atoms with Crippen LogP contribution in [-0.2, 0) is 21.1 Å². The van der Waals surface area contributed by atoms with Gasteiger partial charge >= 0.3 is 0 Å². The van der Waals surface area contributed by atoms with Gasteiger partial charge in [0.1, 0.15) is 5.75 Å². The van der Waals surface area contributed by atoms with Crippen molar-refractivity contribution in [2.75, 3.05) is 23.9 Å². The van der Waals surface area contributed by atoms with Gasteiger partial charge in [-0.25, -0.2) is 0 Å². The smallest absolute Gasteiger partial charge is 0.235 e. The van der Waals surface area contributed by atoms with Crippen LogP contribution in [-0.4, -0.2) is 30.6 Å². The lowest BCUT2D eigenvalue weighted by Crippen LogP contribution is -2.28. The van der Waals surface area contributed by atoms with Gasteiger partial charge in [-0.3, -0.25) is 14.9 Å². The molecule has 0 saturated carbocycles. The molecule has 0 aliphatic carbocycles. The number of nitrogens with zero attached hydrogens (tertiary/aromatic N) is 2. The summed E-state index contributed by atoms with van der Waals surface area (Å²) in [5, 5.41) is 6.77. The van der Waals surface area contributed by atoms with Gasteiger partial charge in [0.2, 0.25) is 17.7 Å². The third-order valence-corrected chi connectivity index (χ3v) is 5.44. The summed E-state index contributed by atoms with van der Waals surface area (Å²) in [6.45, 7) is 0.349. The molecular weight excluding hydrogens is 342 g/mol. The van der Waals surface area contributed by atoms with E-state index in [1.165, 1.54) is 0 Å². The number of carbonyl (C=O) groups excluding carboxylic acids is 2. The molecule has 2 amide bonds. The normalized spacial score (nSPS) is 19.2. The van der Waals surface area contributed by atoms with E-state index in [1.807, 2.05) is 12.1 Å². The Hall–Kier alpha value is -2.48. The van der Waals surface area contributed by atoms with E-state index in [0.29, 0.717) is 12.4 Å². The standard InChI is InChI=1S/C17H17N3O4S/c1-23-12-4-2-11(3-5-12)20-7-10(6-15(20)21)16(22)18-17-13-8-25-9-14(13)19-24-17/h2-5,10H,6-9H2,1H3,(H,18,22). The minimum absolute atomic E-state index is 0.0660. The van der Waals surface area contributed by atoms with Gasteiger partial charge in [0.05, 0.1) is 24.3 Å². The van der Waals surface area contributed by atoms with Gasteiger partial charge in [0.25, 0.3) is 0 Å². The SMILES string of the molecule is COc1ccc(N2CC(C(=O)Nc3onc4c3CSC4)CC2=O)cc1. The monoisotopic (exact) mass is 359 g/mol. The molecule has 1 aromatic carbocycles. The molecule has 8 heteroatoms. The topological polar surface area (TPSA) is 84.7 Å². The van der Waals surface area contributed by atoms with Crippen LogP contribution >= 0.6 is 11.8 Å². The summed E-state index contributed by atoms with van der Waals surface area (Å²) in [5.41, 5.74) is 2.61. The van der Waals surface area contributed by atoms with Crippen LogP contribution in [0.2, 0.25) is 0 Å². The Morgan fingerprint density at radius 1 is 1.36 bits per heavy atom. The van der Waals surface area contributed by atoms with Gasteiger partial charge in [0.15, 0.2) is 0 Å².